The molecule has 1 aromatic rings. The van der Waals surface area contributed by atoms with E-state index in [1.54, 1.807) is 0 Å². The maximum atomic E-state index is 11.0. The van der Waals surface area contributed by atoms with Crippen LogP contribution in [0.3, 0.4) is 0 Å². The Bertz CT molecular complexity index is 316. The molecule has 0 radical (unpaired) electrons. The van der Waals surface area contributed by atoms with Crippen LogP contribution in [-0.4, -0.2) is 17.1 Å². The lowest BCUT2D eigenvalue weighted by Gasteiger charge is -2.18. The summed E-state index contributed by atoms with van der Waals surface area (Å²) in [5.74, 6) is -1.30. The predicted octanol–water partition coefficient (Wildman–Crippen LogP) is 2.09. The molecule has 4 heteroatoms. The van der Waals surface area contributed by atoms with E-state index in [1.807, 2.05) is 37.3 Å². The van der Waals surface area contributed by atoms with Gasteiger partial charge in [-0.25, -0.2) is 0 Å². The fraction of sp³-hybridized carbons (Fsp3) is 0.417. The van der Waals surface area contributed by atoms with Crippen LogP contribution in [0.2, 0.25) is 0 Å². The molecule has 0 saturated carbocycles. The highest BCUT2D eigenvalue weighted by Crippen LogP contribution is 2.13. The number of rotatable bonds is 5. The molecule has 90 valence electrons. The summed E-state index contributed by atoms with van der Waals surface area (Å²) in [5.41, 5.74) is 6.81. The fourth-order valence-electron chi connectivity index (χ4n) is 1.57. The Hall–Kier alpha value is -1.06. The molecule has 0 heterocycles. The number of carbonyl (C=O) groups is 1. The molecule has 0 amide bonds. The van der Waals surface area contributed by atoms with Gasteiger partial charge in [-0.1, -0.05) is 37.3 Å². The van der Waals surface area contributed by atoms with Crippen LogP contribution >= 0.6 is 12.4 Å². The van der Waals surface area contributed by atoms with Crippen molar-refractivity contribution in [2.24, 2.45) is 11.7 Å². The molecule has 0 unspecified atom stereocenters. The van der Waals surface area contributed by atoms with Gasteiger partial charge < -0.3 is 10.8 Å². The van der Waals surface area contributed by atoms with E-state index in [-0.39, 0.29) is 18.4 Å². The maximum Gasteiger partial charge on any atom is 0.308 e. The Morgan fingerprint density at radius 1 is 1.38 bits per heavy atom. The minimum atomic E-state index is -0.812. The summed E-state index contributed by atoms with van der Waals surface area (Å²) in [5, 5.41) is 9.06. The first-order valence-corrected chi connectivity index (χ1v) is 5.17. The molecular weight excluding hydrogens is 226 g/mol. The number of aliphatic carboxylic acids is 1. The van der Waals surface area contributed by atoms with Gasteiger partial charge >= 0.3 is 5.97 Å². The predicted molar refractivity (Wildman–Crippen MR) is 66.8 cm³/mol. The lowest BCUT2D eigenvalue weighted by Crippen LogP contribution is -2.36. The smallest absolute Gasteiger partial charge is 0.308 e. The van der Waals surface area contributed by atoms with Crippen LogP contribution in [-0.2, 0) is 11.2 Å². The Morgan fingerprint density at radius 3 is 2.38 bits per heavy atom. The molecule has 2 atom stereocenters. The van der Waals surface area contributed by atoms with E-state index in [0.29, 0.717) is 12.8 Å². The zero-order chi connectivity index (χ0) is 11.3. The van der Waals surface area contributed by atoms with Crippen LogP contribution in [0.15, 0.2) is 30.3 Å². The normalized spacial score (nSPS) is 13.6. The molecule has 1 aromatic carbocycles. The average molecular weight is 244 g/mol. The average Bonchev–Trinajstić information content (AvgIpc) is 2.26. The molecule has 1 rings (SSSR count). The van der Waals surface area contributed by atoms with Crippen molar-refractivity contribution in [3.05, 3.63) is 35.9 Å². The van der Waals surface area contributed by atoms with Crippen molar-refractivity contribution in [2.75, 3.05) is 0 Å². The summed E-state index contributed by atoms with van der Waals surface area (Å²) in [7, 11) is 0. The minimum Gasteiger partial charge on any atom is -0.481 e. The third-order valence-electron chi connectivity index (χ3n) is 2.60. The van der Waals surface area contributed by atoms with Gasteiger partial charge in [-0.3, -0.25) is 4.79 Å². The van der Waals surface area contributed by atoms with E-state index in [9.17, 15) is 4.79 Å². The summed E-state index contributed by atoms with van der Waals surface area (Å²) in [6.07, 6.45) is 1.19. The van der Waals surface area contributed by atoms with Crippen LogP contribution < -0.4 is 5.73 Å². The van der Waals surface area contributed by atoms with E-state index in [2.05, 4.69) is 0 Å². The Balaban J connectivity index is 0.00000225. The molecule has 0 spiro atoms. The summed E-state index contributed by atoms with van der Waals surface area (Å²) in [6.45, 7) is 1.91. The van der Waals surface area contributed by atoms with Crippen LogP contribution in [0.1, 0.15) is 18.9 Å². The number of hydrogen-bond donors (Lipinski definition) is 2. The van der Waals surface area contributed by atoms with Crippen LogP contribution in [0.4, 0.5) is 0 Å². The zero-order valence-electron chi connectivity index (χ0n) is 9.30. The van der Waals surface area contributed by atoms with Gasteiger partial charge in [0.25, 0.3) is 0 Å². The third-order valence-corrected chi connectivity index (χ3v) is 2.60. The Morgan fingerprint density at radius 2 is 1.94 bits per heavy atom. The van der Waals surface area contributed by atoms with Gasteiger partial charge in [0.1, 0.15) is 0 Å². The molecule has 0 bridgehead atoms. The zero-order valence-corrected chi connectivity index (χ0v) is 10.1. The van der Waals surface area contributed by atoms with Gasteiger partial charge in [0.2, 0.25) is 0 Å². The molecule has 0 aliphatic carbocycles. The number of nitrogens with two attached hydrogens (primary N) is 1. The van der Waals surface area contributed by atoms with E-state index in [1.165, 1.54) is 0 Å². The highest BCUT2D eigenvalue weighted by molar-refractivity contribution is 5.85. The lowest BCUT2D eigenvalue weighted by atomic mass is 9.91. The molecule has 3 N–H and O–H groups in total. The van der Waals surface area contributed by atoms with Crippen LogP contribution in [0.25, 0.3) is 0 Å². The number of carboxylic acid groups (broad SMARTS) is 1. The number of carboxylic acids is 1. The molecule has 0 aliphatic heterocycles. The summed E-state index contributed by atoms with van der Waals surface area (Å²) in [4.78, 5) is 11.0. The standard InChI is InChI=1S/C12H17NO2.ClH/c1-2-11(13)10(12(14)15)8-9-6-4-3-5-7-9;/h3-7,10-11H,2,8,13H2,1H3,(H,14,15);1H/t10-,11+;/m0./s1. The lowest BCUT2D eigenvalue weighted by molar-refractivity contribution is -0.142. The number of hydrogen-bond acceptors (Lipinski definition) is 2. The van der Waals surface area contributed by atoms with Gasteiger partial charge in [-0.05, 0) is 18.4 Å². The van der Waals surface area contributed by atoms with Crippen molar-refractivity contribution in [1.29, 1.82) is 0 Å². The molecule has 0 saturated heterocycles. The molecule has 3 nitrogen and oxygen atoms in total. The largest absolute Gasteiger partial charge is 0.481 e. The van der Waals surface area contributed by atoms with Crippen LogP contribution in [0.5, 0.6) is 0 Å². The molecule has 0 aliphatic rings. The van der Waals surface area contributed by atoms with E-state index in [0.717, 1.165) is 5.56 Å². The van der Waals surface area contributed by atoms with E-state index >= 15 is 0 Å². The van der Waals surface area contributed by atoms with Gasteiger partial charge in [-0.2, -0.15) is 0 Å². The van der Waals surface area contributed by atoms with Gasteiger partial charge in [0, 0.05) is 6.04 Å². The number of benzene rings is 1. The summed E-state index contributed by atoms with van der Waals surface area (Å²) < 4.78 is 0. The molecule has 0 fully saturated rings. The second-order valence-corrected chi connectivity index (χ2v) is 3.71. The van der Waals surface area contributed by atoms with Crippen molar-refractivity contribution in [2.45, 2.75) is 25.8 Å². The summed E-state index contributed by atoms with van der Waals surface area (Å²) >= 11 is 0. The van der Waals surface area contributed by atoms with Crippen molar-refractivity contribution in [3.63, 3.8) is 0 Å². The second-order valence-electron chi connectivity index (χ2n) is 3.71. The molecule has 16 heavy (non-hydrogen) atoms. The molecular formula is C12H18ClNO2. The first-order chi connectivity index (χ1) is 7.15. The monoisotopic (exact) mass is 243 g/mol. The third kappa shape index (κ3) is 4.21. The summed E-state index contributed by atoms with van der Waals surface area (Å²) in [6, 6.07) is 9.32. The maximum absolute atomic E-state index is 11.0. The van der Waals surface area contributed by atoms with Gasteiger partial charge in [0.05, 0.1) is 5.92 Å². The highest BCUT2D eigenvalue weighted by atomic mass is 35.5. The van der Waals surface area contributed by atoms with Crippen molar-refractivity contribution < 1.29 is 9.90 Å². The van der Waals surface area contributed by atoms with E-state index in [4.69, 9.17) is 10.8 Å². The van der Waals surface area contributed by atoms with Crippen LogP contribution in [0, 0.1) is 5.92 Å². The second kappa shape index (κ2) is 7.25. The quantitative estimate of drug-likeness (QED) is 0.833. The van der Waals surface area contributed by atoms with E-state index < -0.39 is 11.9 Å². The fourth-order valence-corrected chi connectivity index (χ4v) is 1.57. The first kappa shape index (κ1) is 14.9. The first-order valence-electron chi connectivity index (χ1n) is 5.17. The van der Waals surface area contributed by atoms with Gasteiger partial charge in [-0.15, -0.1) is 12.4 Å². The van der Waals surface area contributed by atoms with Gasteiger partial charge in [0.15, 0.2) is 0 Å². The SMILES string of the molecule is CC[C@@H](N)[C@H](Cc1ccccc1)C(=O)O.Cl. The van der Waals surface area contributed by atoms with Crippen molar-refractivity contribution >= 4 is 18.4 Å². The highest BCUT2D eigenvalue weighted by Gasteiger charge is 2.23. The minimum absolute atomic E-state index is 0. The Kier molecular flexibility index (Phi) is 6.77. The molecule has 0 aromatic heterocycles. The van der Waals surface area contributed by atoms with Crippen molar-refractivity contribution in [3.8, 4) is 0 Å². The topological polar surface area (TPSA) is 63.3 Å². The number of halogens is 1. The Labute approximate surface area is 102 Å². The van der Waals surface area contributed by atoms with Crippen molar-refractivity contribution in [1.82, 2.24) is 0 Å².